The fourth-order valence-electron chi connectivity index (χ4n) is 0.697. The van der Waals surface area contributed by atoms with Crippen LogP contribution in [0.2, 0.25) is 0 Å². The second-order valence-electron chi connectivity index (χ2n) is 3.02. The lowest BCUT2D eigenvalue weighted by atomic mass is 9.96. The summed E-state index contributed by atoms with van der Waals surface area (Å²) in [6.45, 7) is 6.26. The molecular formula is C8H13NO3. The Bertz CT molecular complexity index is 212. The summed E-state index contributed by atoms with van der Waals surface area (Å²) in [5, 5.41) is 10.5. The van der Waals surface area contributed by atoms with Crippen molar-refractivity contribution in [2.75, 3.05) is 0 Å². The highest BCUT2D eigenvalue weighted by molar-refractivity contribution is 5.75. The standard InChI is InChI=1S/C8H13NO3/c1-4-8(3,9(11)12)6-5-7(2)10/h4H,1,5-6H2,2-3H3. The molecule has 0 bridgehead atoms. The van der Waals surface area contributed by atoms with Crippen molar-refractivity contribution in [3.8, 4) is 0 Å². The Hall–Kier alpha value is -1.19. The molecule has 1 unspecified atom stereocenters. The predicted molar refractivity (Wildman–Crippen MR) is 45.5 cm³/mol. The van der Waals surface area contributed by atoms with Crippen molar-refractivity contribution in [1.29, 1.82) is 0 Å². The van der Waals surface area contributed by atoms with Crippen molar-refractivity contribution in [2.24, 2.45) is 0 Å². The third kappa shape index (κ3) is 2.82. The first kappa shape index (κ1) is 10.8. The van der Waals surface area contributed by atoms with Crippen molar-refractivity contribution in [3.05, 3.63) is 22.8 Å². The molecule has 0 N–H and O–H groups in total. The van der Waals surface area contributed by atoms with E-state index >= 15 is 0 Å². The zero-order valence-corrected chi connectivity index (χ0v) is 7.37. The normalized spacial score (nSPS) is 14.8. The van der Waals surface area contributed by atoms with Gasteiger partial charge in [-0.15, -0.1) is 0 Å². The largest absolute Gasteiger partial charge is 0.300 e. The molecule has 0 saturated carbocycles. The summed E-state index contributed by atoms with van der Waals surface area (Å²) in [5.74, 6) is -0.0371. The molecule has 0 spiro atoms. The zero-order valence-electron chi connectivity index (χ0n) is 7.37. The van der Waals surface area contributed by atoms with Crippen LogP contribution in [0.4, 0.5) is 0 Å². The van der Waals surface area contributed by atoms with Gasteiger partial charge in [0.1, 0.15) is 5.78 Å². The Labute approximate surface area is 71.4 Å². The molecule has 0 aromatic heterocycles. The lowest BCUT2D eigenvalue weighted by molar-refractivity contribution is -0.551. The van der Waals surface area contributed by atoms with Crippen molar-refractivity contribution in [3.63, 3.8) is 0 Å². The lowest BCUT2D eigenvalue weighted by Crippen LogP contribution is -2.32. The minimum atomic E-state index is -1.16. The highest BCUT2D eigenvalue weighted by Crippen LogP contribution is 2.17. The molecule has 0 aromatic carbocycles. The maximum absolute atomic E-state index is 10.6. The molecule has 12 heavy (non-hydrogen) atoms. The molecule has 0 amide bonds. The second-order valence-corrected chi connectivity index (χ2v) is 3.02. The second kappa shape index (κ2) is 3.99. The Kier molecular flexibility index (Phi) is 3.60. The fourth-order valence-corrected chi connectivity index (χ4v) is 0.697. The van der Waals surface area contributed by atoms with Gasteiger partial charge in [-0.05, 0) is 13.0 Å². The molecule has 0 aromatic rings. The molecule has 4 heteroatoms. The third-order valence-electron chi connectivity index (χ3n) is 1.84. The maximum atomic E-state index is 10.6. The number of carbonyl (C=O) groups excluding carboxylic acids is 1. The van der Waals surface area contributed by atoms with E-state index in [1.54, 1.807) is 0 Å². The van der Waals surface area contributed by atoms with Crippen molar-refractivity contribution in [2.45, 2.75) is 32.2 Å². The van der Waals surface area contributed by atoms with E-state index in [0.717, 1.165) is 0 Å². The maximum Gasteiger partial charge on any atom is 0.237 e. The number of hydrogen-bond acceptors (Lipinski definition) is 3. The summed E-state index contributed by atoms with van der Waals surface area (Å²) in [5.41, 5.74) is -1.16. The molecule has 1 atom stereocenters. The Morgan fingerprint density at radius 1 is 1.75 bits per heavy atom. The Morgan fingerprint density at radius 3 is 2.50 bits per heavy atom. The van der Waals surface area contributed by atoms with Gasteiger partial charge in [0.05, 0.1) is 0 Å². The van der Waals surface area contributed by atoms with Crippen molar-refractivity contribution >= 4 is 5.78 Å². The van der Waals surface area contributed by atoms with Crippen LogP contribution in [0.3, 0.4) is 0 Å². The first-order chi connectivity index (χ1) is 5.42. The first-order valence-corrected chi connectivity index (χ1v) is 3.70. The number of ketones is 1. The van der Waals surface area contributed by atoms with Gasteiger partial charge in [-0.3, -0.25) is 10.1 Å². The summed E-state index contributed by atoms with van der Waals surface area (Å²) < 4.78 is 0. The number of rotatable bonds is 5. The molecule has 0 heterocycles. The van der Waals surface area contributed by atoms with Crippen LogP contribution in [-0.2, 0) is 4.79 Å². The average molecular weight is 171 g/mol. The highest BCUT2D eigenvalue weighted by Gasteiger charge is 2.32. The minimum Gasteiger partial charge on any atom is -0.300 e. The van der Waals surface area contributed by atoms with Crippen LogP contribution in [0.25, 0.3) is 0 Å². The lowest BCUT2D eigenvalue weighted by Gasteiger charge is -2.14. The number of carbonyl (C=O) groups is 1. The SMILES string of the molecule is C=CC(C)(CCC(C)=O)[N+](=O)[O-]. The van der Waals surface area contributed by atoms with E-state index < -0.39 is 10.5 Å². The van der Waals surface area contributed by atoms with E-state index in [4.69, 9.17) is 0 Å². The summed E-state index contributed by atoms with van der Waals surface area (Å²) in [7, 11) is 0. The van der Waals surface area contributed by atoms with Gasteiger partial charge in [0.25, 0.3) is 0 Å². The highest BCUT2D eigenvalue weighted by atomic mass is 16.6. The molecule has 0 rings (SSSR count). The number of Topliss-reactive ketones (excluding diaryl/α,β-unsaturated/α-hetero) is 1. The molecule has 0 saturated heterocycles. The van der Waals surface area contributed by atoms with Gasteiger partial charge >= 0.3 is 0 Å². The fraction of sp³-hybridized carbons (Fsp3) is 0.625. The Balaban J connectivity index is 4.25. The van der Waals surface area contributed by atoms with Gasteiger partial charge in [-0.2, -0.15) is 0 Å². The average Bonchev–Trinajstić information content (AvgIpc) is 1.99. The quantitative estimate of drug-likeness (QED) is 0.358. The van der Waals surface area contributed by atoms with Crippen LogP contribution in [0, 0.1) is 10.1 Å². The molecule has 68 valence electrons. The van der Waals surface area contributed by atoms with Gasteiger partial charge in [0.2, 0.25) is 5.54 Å². The summed E-state index contributed by atoms with van der Waals surface area (Å²) >= 11 is 0. The molecule has 0 aliphatic heterocycles. The van der Waals surface area contributed by atoms with Crippen LogP contribution in [-0.4, -0.2) is 16.2 Å². The Morgan fingerprint density at radius 2 is 2.25 bits per heavy atom. The van der Waals surface area contributed by atoms with Crippen LogP contribution >= 0.6 is 0 Å². The summed E-state index contributed by atoms with van der Waals surface area (Å²) in [4.78, 5) is 20.6. The molecule has 0 fully saturated rings. The summed E-state index contributed by atoms with van der Waals surface area (Å²) in [6, 6.07) is 0. The monoisotopic (exact) mass is 171 g/mol. The van der Waals surface area contributed by atoms with Crippen molar-refractivity contribution < 1.29 is 9.72 Å². The van der Waals surface area contributed by atoms with E-state index in [0.29, 0.717) is 0 Å². The minimum absolute atomic E-state index is 0.0371. The van der Waals surface area contributed by atoms with Gasteiger partial charge in [-0.25, -0.2) is 0 Å². The molecule has 0 aliphatic carbocycles. The number of hydrogen-bond donors (Lipinski definition) is 0. The summed E-state index contributed by atoms with van der Waals surface area (Å²) in [6.07, 6.45) is 1.72. The first-order valence-electron chi connectivity index (χ1n) is 3.70. The van der Waals surface area contributed by atoms with Crippen LogP contribution in [0.5, 0.6) is 0 Å². The van der Waals surface area contributed by atoms with Crippen molar-refractivity contribution in [1.82, 2.24) is 0 Å². The molecule has 4 nitrogen and oxygen atoms in total. The van der Waals surface area contributed by atoms with E-state index in [-0.39, 0.29) is 18.6 Å². The van der Waals surface area contributed by atoms with E-state index in [9.17, 15) is 14.9 Å². The zero-order chi connectivity index (χ0) is 9.78. The van der Waals surface area contributed by atoms with Crippen LogP contribution in [0.1, 0.15) is 26.7 Å². The van der Waals surface area contributed by atoms with Crippen LogP contribution < -0.4 is 0 Å². The van der Waals surface area contributed by atoms with Gasteiger partial charge in [-0.1, -0.05) is 6.58 Å². The van der Waals surface area contributed by atoms with Crippen LogP contribution in [0.15, 0.2) is 12.7 Å². The molecule has 0 aliphatic rings. The predicted octanol–water partition coefficient (Wildman–Crippen LogP) is 1.58. The number of nitrogens with zero attached hydrogens (tertiary/aromatic N) is 1. The van der Waals surface area contributed by atoms with E-state index in [2.05, 4.69) is 6.58 Å². The molecular weight excluding hydrogens is 158 g/mol. The topological polar surface area (TPSA) is 60.2 Å². The molecule has 0 radical (unpaired) electrons. The van der Waals surface area contributed by atoms with E-state index in [1.807, 2.05) is 0 Å². The van der Waals surface area contributed by atoms with Gasteiger partial charge in [0.15, 0.2) is 0 Å². The van der Waals surface area contributed by atoms with Gasteiger partial charge in [0, 0.05) is 24.7 Å². The van der Waals surface area contributed by atoms with E-state index in [1.165, 1.54) is 19.9 Å². The van der Waals surface area contributed by atoms with Gasteiger partial charge < -0.3 is 4.79 Å². The third-order valence-corrected chi connectivity index (χ3v) is 1.84. The smallest absolute Gasteiger partial charge is 0.237 e. The number of nitro groups is 1.